The van der Waals surface area contributed by atoms with Gasteiger partial charge in [-0.15, -0.1) is 11.3 Å². The Balaban J connectivity index is 1.25. The molecule has 0 saturated carbocycles. The molecule has 10 rings (SSSR count). The fourth-order valence-corrected chi connectivity index (χ4v) is 8.71. The van der Waals surface area contributed by atoms with Crippen molar-refractivity contribution in [2.75, 3.05) is 9.80 Å². The van der Waals surface area contributed by atoms with E-state index in [-0.39, 0.29) is 6.71 Å². The first-order valence-electron chi connectivity index (χ1n) is 16.0. The van der Waals surface area contributed by atoms with Crippen molar-refractivity contribution in [3.63, 3.8) is 0 Å². The van der Waals surface area contributed by atoms with E-state index in [1.54, 1.807) is 0 Å². The number of para-hydroxylation sites is 5. The Morgan fingerprint density at radius 3 is 1.91 bits per heavy atom. The monoisotopic (exact) mass is 618 g/mol. The number of thiophene rings is 1. The number of hydrogen-bond donors (Lipinski definition) is 0. The van der Waals surface area contributed by atoms with Crippen LogP contribution in [0.2, 0.25) is 0 Å². The molecule has 47 heavy (non-hydrogen) atoms. The molecule has 2 aliphatic rings. The van der Waals surface area contributed by atoms with Gasteiger partial charge in [0.25, 0.3) is 6.71 Å². The predicted molar refractivity (Wildman–Crippen MR) is 200 cm³/mol. The molecule has 1 aromatic heterocycles. The molecule has 3 heterocycles. The summed E-state index contributed by atoms with van der Waals surface area (Å²) in [4.78, 5) is 4.75. The second kappa shape index (κ2) is 10.4. The fourth-order valence-electron chi connectivity index (χ4n) is 7.50. The third-order valence-corrected chi connectivity index (χ3v) is 10.6. The van der Waals surface area contributed by atoms with Gasteiger partial charge in [0.05, 0.1) is 4.70 Å². The summed E-state index contributed by atoms with van der Waals surface area (Å²) in [5, 5.41) is 2.45. The number of nitrogens with zero attached hydrogens (tertiary/aromatic N) is 2. The van der Waals surface area contributed by atoms with Crippen LogP contribution >= 0.6 is 11.3 Å². The summed E-state index contributed by atoms with van der Waals surface area (Å²) in [7, 11) is 0. The first-order chi connectivity index (χ1) is 23.3. The van der Waals surface area contributed by atoms with E-state index in [9.17, 15) is 0 Å². The number of anilines is 6. The molecular weight excluding hydrogens is 591 g/mol. The lowest BCUT2D eigenvalue weighted by atomic mass is 9.34. The second-order valence-corrected chi connectivity index (χ2v) is 13.2. The summed E-state index contributed by atoms with van der Waals surface area (Å²) < 4.78 is 9.38. The highest BCUT2D eigenvalue weighted by Gasteiger charge is 2.42. The van der Waals surface area contributed by atoms with Gasteiger partial charge in [-0.2, -0.15) is 0 Å². The average Bonchev–Trinajstić information content (AvgIpc) is 3.51. The summed E-state index contributed by atoms with van der Waals surface area (Å²) in [6, 6.07) is 58.6. The Hall–Kier alpha value is -5.78. The van der Waals surface area contributed by atoms with Crippen molar-refractivity contribution in [1.82, 2.24) is 0 Å². The van der Waals surface area contributed by atoms with Crippen molar-refractivity contribution in [2.24, 2.45) is 0 Å². The normalized spacial score (nSPS) is 12.8. The summed E-state index contributed by atoms with van der Waals surface area (Å²) in [6.07, 6.45) is 0. The van der Waals surface area contributed by atoms with E-state index in [1.165, 1.54) is 47.9 Å². The molecular formula is C42H27BN2OS. The topological polar surface area (TPSA) is 15.7 Å². The Kier molecular flexibility index (Phi) is 5.84. The summed E-state index contributed by atoms with van der Waals surface area (Å²) in [5.41, 5.74) is 10.7. The molecule has 8 aromatic rings. The maximum absolute atomic E-state index is 6.96. The van der Waals surface area contributed by atoms with Crippen LogP contribution < -0.4 is 30.9 Å². The van der Waals surface area contributed by atoms with E-state index in [0.29, 0.717) is 0 Å². The number of benzene rings is 7. The molecule has 3 nitrogen and oxygen atoms in total. The smallest absolute Gasteiger partial charge is 0.256 e. The molecule has 0 atom stereocenters. The van der Waals surface area contributed by atoms with Gasteiger partial charge in [-0.05, 0) is 83.1 Å². The van der Waals surface area contributed by atoms with Crippen molar-refractivity contribution in [3.8, 4) is 11.5 Å². The lowest BCUT2D eigenvalue weighted by molar-refractivity contribution is 0.494. The highest BCUT2D eigenvalue weighted by Crippen LogP contribution is 2.49. The Morgan fingerprint density at radius 2 is 1.17 bits per heavy atom. The van der Waals surface area contributed by atoms with Crippen LogP contribution in [-0.4, -0.2) is 6.71 Å². The Morgan fingerprint density at radius 1 is 0.532 bits per heavy atom. The summed E-state index contributed by atoms with van der Waals surface area (Å²) >= 11 is 1.83. The molecule has 0 unspecified atom stereocenters. The minimum atomic E-state index is 0.0814. The van der Waals surface area contributed by atoms with Gasteiger partial charge in [-0.1, -0.05) is 97.1 Å². The number of ether oxygens (including phenoxy) is 1. The molecule has 5 heteroatoms. The third kappa shape index (κ3) is 4.00. The molecule has 0 saturated heterocycles. The van der Waals surface area contributed by atoms with E-state index < -0.39 is 0 Å². The van der Waals surface area contributed by atoms with Gasteiger partial charge in [-0.25, -0.2) is 0 Å². The van der Waals surface area contributed by atoms with Crippen LogP contribution in [0.25, 0.3) is 20.2 Å². The maximum Gasteiger partial charge on any atom is 0.256 e. The first kappa shape index (κ1) is 26.4. The van der Waals surface area contributed by atoms with Crippen molar-refractivity contribution in [3.05, 3.63) is 164 Å². The zero-order valence-corrected chi connectivity index (χ0v) is 26.2. The maximum atomic E-state index is 6.96. The Labute approximate surface area is 277 Å². The minimum Gasteiger partial charge on any atom is -0.457 e. The molecule has 2 aliphatic heterocycles. The standard InChI is InChI=1S/C42H27BN2OS/c1-4-14-28(15-5-1)44(29-16-6-2-7-17-29)31-24-25-32-33-27-37-40-41(42(33)47-39(32)26-31)46-38-23-13-11-21-35(38)43(40)34-20-10-12-22-36(34)45(37)30-18-8-3-9-19-30/h1-27H. The van der Waals surface area contributed by atoms with E-state index in [4.69, 9.17) is 4.74 Å². The van der Waals surface area contributed by atoms with Gasteiger partial charge in [0.1, 0.15) is 11.5 Å². The molecule has 0 radical (unpaired) electrons. The zero-order valence-electron chi connectivity index (χ0n) is 25.4. The molecule has 0 bridgehead atoms. The fraction of sp³-hybridized carbons (Fsp3) is 0. The van der Waals surface area contributed by atoms with E-state index in [2.05, 4.69) is 174 Å². The molecule has 220 valence electrons. The van der Waals surface area contributed by atoms with Crippen LogP contribution in [0.1, 0.15) is 0 Å². The van der Waals surface area contributed by atoms with Gasteiger partial charge in [-0.3, -0.25) is 0 Å². The quantitative estimate of drug-likeness (QED) is 0.183. The van der Waals surface area contributed by atoms with Crippen LogP contribution in [0.15, 0.2) is 164 Å². The number of fused-ring (bicyclic) bond motifs is 8. The zero-order chi connectivity index (χ0) is 30.9. The SMILES string of the molecule is c1ccc(N(c2ccccc2)c2ccc3c(c2)sc2c4c5c(cc23)N(c2ccccc2)c2ccccc2B5c2ccccc2O4)cc1. The molecule has 7 aromatic carbocycles. The lowest BCUT2D eigenvalue weighted by Gasteiger charge is -2.40. The predicted octanol–water partition coefficient (Wildman–Crippen LogP) is 9.93. The summed E-state index contributed by atoms with van der Waals surface area (Å²) in [5.74, 6) is 1.91. The highest BCUT2D eigenvalue weighted by molar-refractivity contribution is 7.26. The van der Waals surface area contributed by atoms with Crippen LogP contribution in [-0.2, 0) is 0 Å². The molecule has 0 N–H and O–H groups in total. The van der Waals surface area contributed by atoms with Crippen molar-refractivity contribution < 1.29 is 4.74 Å². The molecule has 0 aliphatic carbocycles. The van der Waals surface area contributed by atoms with Gasteiger partial charge >= 0.3 is 0 Å². The van der Waals surface area contributed by atoms with Crippen LogP contribution in [0, 0.1) is 0 Å². The minimum absolute atomic E-state index is 0.0814. The van der Waals surface area contributed by atoms with Gasteiger partial charge in [0, 0.05) is 49.6 Å². The van der Waals surface area contributed by atoms with E-state index >= 15 is 0 Å². The van der Waals surface area contributed by atoms with Crippen LogP contribution in [0.4, 0.5) is 34.1 Å². The lowest BCUT2D eigenvalue weighted by Crippen LogP contribution is -2.59. The largest absolute Gasteiger partial charge is 0.457 e. The summed E-state index contributed by atoms with van der Waals surface area (Å²) in [6.45, 7) is 0.0814. The van der Waals surface area contributed by atoms with Crippen molar-refractivity contribution in [1.29, 1.82) is 0 Å². The van der Waals surface area contributed by atoms with Crippen molar-refractivity contribution in [2.45, 2.75) is 0 Å². The van der Waals surface area contributed by atoms with E-state index in [1.807, 2.05) is 11.3 Å². The van der Waals surface area contributed by atoms with E-state index in [0.717, 1.165) is 34.2 Å². The number of rotatable bonds is 4. The van der Waals surface area contributed by atoms with Gasteiger partial charge < -0.3 is 14.5 Å². The van der Waals surface area contributed by atoms with Gasteiger partial charge in [0.15, 0.2) is 0 Å². The first-order valence-corrected chi connectivity index (χ1v) is 16.8. The second-order valence-electron chi connectivity index (χ2n) is 12.1. The molecule has 0 fully saturated rings. The van der Waals surface area contributed by atoms with Crippen LogP contribution in [0.3, 0.4) is 0 Å². The number of hydrogen-bond acceptors (Lipinski definition) is 4. The van der Waals surface area contributed by atoms with Crippen molar-refractivity contribution >= 4 is 88.7 Å². The Bertz CT molecular complexity index is 2420. The molecule has 0 spiro atoms. The molecule has 0 amide bonds. The highest BCUT2D eigenvalue weighted by atomic mass is 32.1. The average molecular weight is 619 g/mol. The van der Waals surface area contributed by atoms with Gasteiger partial charge in [0.2, 0.25) is 0 Å². The third-order valence-electron chi connectivity index (χ3n) is 9.48. The van der Waals surface area contributed by atoms with Crippen LogP contribution in [0.5, 0.6) is 11.5 Å².